The molecule has 1 unspecified atom stereocenters. The summed E-state index contributed by atoms with van der Waals surface area (Å²) in [6, 6.07) is 0.610. The van der Waals surface area contributed by atoms with Gasteiger partial charge in [-0.25, -0.2) is 18.0 Å². The first-order chi connectivity index (χ1) is 11.7. The molecule has 0 aromatic heterocycles. The Morgan fingerprint density at radius 3 is 2.32 bits per heavy atom. The molecule has 25 heavy (non-hydrogen) atoms. The van der Waals surface area contributed by atoms with Gasteiger partial charge in [-0.3, -0.25) is 9.45 Å². The summed E-state index contributed by atoms with van der Waals surface area (Å²) in [6.45, 7) is 1.54. The Balaban J connectivity index is 2.16. The Bertz CT molecular complexity index is 713. The van der Waals surface area contributed by atoms with Crippen molar-refractivity contribution in [2.24, 2.45) is 0 Å². The molecule has 1 atom stereocenters. The summed E-state index contributed by atoms with van der Waals surface area (Å²) < 4.78 is 81.3. The van der Waals surface area contributed by atoms with Crippen LogP contribution in [0.4, 0.5) is 13.2 Å². The third-order valence-electron chi connectivity index (χ3n) is 3.45. The number of esters is 1. The van der Waals surface area contributed by atoms with Gasteiger partial charge in [0.1, 0.15) is 34.9 Å². The zero-order valence-corrected chi connectivity index (χ0v) is 13.8. The van der Waals surface area contributed by atoms with Crippen LogP contribution in [0.1, 0.15) is 10.4 Å². The Kier molecular flexibility index (Phi) is 6.38. The zero-order valence-electron chi connectivity index (χ0n) is 13.0. The van der Waals surface area contributed by atoms with Crippen LogP contribution < -0.4 is 0 Å². The summed E-state index contributed by atoms with van der Waals surface area (Å²) in [5.74, 6) is -6.59. The summed E-state index contributed by atoms with van der Waals surface area (Å²) in [6.07, 6.45) is -1.37. The summed E-state index contributed by atoms with van der Waals surface area (Å²) in [7, 11) is -4.51. The first kappa shape index (κ1) is 19.6. The van der Waals surface area contributed by atoms with E-state index < -0.39 is 51.0 Å². The second-order valence-corrected chi connectivity index (χ2v) is 6.93. The molecule has 0 spiro atoms. The Morgan fingerprint density at radius 1 is 1.24 bits per heavy atom. The highest BCUT2D eigenvalue weighted by Gasteiger charge is 2.28. The minimum absolute atomic E-state index is 0.0840. The van der Waals surface area contributed by atoms with E-state index >= 15 is 0 Å². The van der Waals surface area contributed by atoms with Crippen LogP contribution in [0.5, 0.6) is 0 Å². The van der Waals surface area contributed by atoms with Gasteiger partial charge in [-0.2, -0.15) is 8.42 Å². The summed E-state index contributed by atoms with van der Waals surface area (Å²) in [5.41, 5.74) is -1.14. The third kappa shape index (κ3) is 5.96. The fraction of sp³-hybridized carbons (Fsp3) is 0.500. The van der Waals surface area contributed by atoms with Crippen molar-refractivity contribution in [2.45, 2.75) is 6.10 Å². The lowest BCUT2D eigenvalue weighted by molar-refractivity contribution is 0.000467. The highest BCUT2D eigenvalue weighted by molar-refractivity contribution is 7.85. The first-order valence-corrected chi connectivity index (χ1v) is 8.87. The van der Waals surface area contributed by atoms with Gasteiger partial charge in [-0.1, -0.05) is 0 Å². The van der Waals surface area contributed by atoms with Crippen molar-refractivity contribution >= 4 is 16.1 Å². The Hall–Kier alpha value is -1.69. The van der Waals surface area contributed by atoms with Crippen molar-refractivity contribution in [3.63, 3.8) is 0 Å². The van der Waals surface area contributed by atoms with Crippen molar-refractivity contribution < 1.29 is 40.4 Å². The molecule has 1 aliphatic heterocycles. The maximum Gasteiger partial charge on any atom is 0.344 e. The molecule has 1 heterocycles. The van der Waals surface area contributed by atoms with Gasteiger partial charge < -0.3 is 9.47 Å². The van der Waals surface area contributed by atoms with E-state index in [-0.39, 0.29) is 6.54 Å². The molecular formula is C14H16F3NO6S. The average molecular weight is 383 g/mol. The highest BCUT2D eigenvalue weighted by Crippen LogP contribution is 2.17. The van der Waals surface area contributed by atoms with E-state index in [1.807, 2.05) is 0 Å². The second kappa shape index (κ2) is 8.13. The Morgan fingerprint density at radius 2 is 1.80 bits per heavy atom. The van der Waals surface area contributed by atoms with E-state index in [1.165, 1.54) is 0 Å². The number of ether oxygens (including phenoxy) is 2. The van der Waals surface area contributed by atoms with Gasteiger partial charge >= 0.3 is 5.97 Å². The number of hydrogen-bond donors (Lipinski definition) is 1. The number of carbonyl (C=O) groups is 1. The monoisotopic (exact) mass is 383 g/mol. The maximum atomic E-state index is 13.6. The number of rotatable bonds is 6. The third-order valence-corrected chi connectivity index (χ3v) is 4.24. The molecule has 1 fully saturated rings. The number of hydrogen-bond acceptors (Lipinski definition) is 6. The van der Waals surface area contributed by atoms with Crippen molar-refractivity contribution in [3.8, 4) is 0 Å². The molecule has 0 bridgehead atoms. The van der Waals surface area contributed by atoms with E-state index in [0.717, 1.165) is 0 Å². The van der Waals surface area contributed by atoms with Gasteiger partial charge in [0.25, 0.3) is 10.1 Å². The number of nitrogens with zero attached hydrogens (tertiary/aromatic N) is 1. The van der Waals surface area contributed by atoms with Gasteiger partial charge in [0.15, 0.2) is 0 Å². The predicted molar refractivity (Wildman–Crippen MR) is 79.2 cm³/mol. The van der Waals surface area contributed by atoms with Gasteiger partial charge in [0.05, 0.1) is 13.2 Å². The molecule has 0 aliphatic carbocycles. The molecule has 1 aromatic rings. The molecule has 7 nitrogen and oxygen atoms in total. The van der Waals surface area contributed by atoms with Gasteiger partial charge in [0, 0.05) is 31.8 Å². The molecule has 2 rings (SSSR count). The molecule has 1 aromatic carbocycles. The molecule has 1 aliphatic rings. The lowest BCUT2D eigenvalue weighted by Crippen LogP contribution is -2.44. The van der Waals surface area contributed by atoms with E-state index in [9.17, 15) is 26.4 Å². The van der Waals surface area contributed by atoms with E-state index in [0.29, 0.717) is 38.4 Å². The van der Waals surface area contributed by atoms with Crippen molar-refractivity contribution in [3.05, 3.63) is 35.1 Å². The summed E-state index contributed by atoms with van der Waals surface area (Å²) in [5, 5.41) is 0. The van der Waals surface area contributed by atoms with Crippen LogP contribution in [0.25, 0.3) is 0 Å². The number of morpholine rings is 1. The smallest absolute Gasteiger partial charge is 0.344 e. The summed E-state index contributed by atoms with van der Waals surface area (Å²) >= 11 is 0. The molecule has 0 amide bonds. The number of halogens is 3. The summed E-state index contributed by atoms with van der Waals surface area (Å²) in [4.78, 5) is 13.7. The fourth-order valence-corrected chi connectivity index (χ4v) is 3.02. The molecule has 1 saturated heterocycles. The quantitative estimate of drug-likeness (QED) is 0.575. The van der Waals surface area contributed by atoms with Crippen LogP contribution in [0.3, 0.4) is 0 Å². The average Bonchev–Trinajstić information content (AvgIpc) is 2.45. The normalized spacial score (nSPS) is 17.3. The molecule has 11 heteroatoms. The SMILES string of the molecule is O=C(OC(CN1CCOCC1)CS(=O)(=O)O)c1c(F)cc(F)cc1F. The van der Waals surface area contributed by atoms with Crippen LogP contribution in [-0.4, -0.2) is 68.5 Å². The number of benzene rings is 1. The lowest BCUT2D eigenvalue weighted by atomic mass is 10.2. The topological polar surface area (TPSA) is 93.1 Å². The van der Waals surface area contributed by atoms with Crippen molar-refractivity contribution in [1.29, 1.82) is 0 Å². The van der Waals surface area contributed by atoms with Gasteiger partial charge in [-0.15, -0.1) is 0 Å². The fourth-order valence-electron chi connectivity index (χ4n) is 2.38. The van der Waals surface area contributed by atoms with Gasteiger partial charge in [-0.05, 0) is 0 Å². The van der Waals surface area contributed by atoms with Crippen LogP contribution in [0.2, 0.25) is 0 Å². The zero-order chi connectivity index (χ0) is 18.6. The van der Waals surface area contributed by atoms with Crippen molar-refractivity contribution in [2.75, 3.05) is 38.6 Å². The number of carbonyl (C=O) groups excluding carboxylic acids is 1. The minimum atomic E-state index is -4.51. The van der Waals surface area contributed by atoms with E-state index in [1.54, 1.807) is 4.90 Å². The highest BCUT2D eigenvalue weighted by atomic mass is 32.2. The molecular weight excluding hydrogens is 367 g/mol. The van der Waals surface area contributed by atoms with Crippen LogP contribution in [-0.2, 0) is 19.6 Å². The largest absolute Gasteiger partial charge is 0.456 e. The molecule has 1 N–H and O–H groups in total. The van der Waals surface area contributed by atoms with E-state index in [2.05, 4.69) is 0 Å². The van der Waals surface area contributed by atoms with Crippen LogP contribution in [0.15, 0.2) is 12.1 Å². The van der Waals surface area contributed by atoms with Crippen LogP contribution >= 0.6 is 0 Å². The van der Waals surface area contributed by atoms with Crippen molar-refractivity contribution in [1.82, 2.24) is 4.90 Å². The molecule has 0 radical (unpaired) electrons. The predicted octanol–water partition coefficient (Wildman–Crippen LogP) is 0.849. The standard InChI is InChI=1S/C14H16F3NO6S/c15-9-5-11(16)13(12(17)6-9)14(19)24-10(8-25(20,21)22)7-18-1-3-23-4-2-18/h5-6,10H,1-4,7-8H2,(H,20,21,22). The maximum absolute atomic E-state index is 13.6. The molecule has 0 saturated carbocycles. The van der Waals surface area contributed by atoms with E-state index in [4.69, 9.17) is 14.0 Å². The first-order valence-electron chi connectivity index (χ1n) is 7.26. The van der Waals surface area contributed by atoms with Crippen LogP contribution in [0, 0.1) is 17.5 Å². The Labute approximate surface area is 142 Å². The lowest BCUT2D eigenvalue weighted by Gasteiger charge is -2.29. The van der Waals surface area contributed by atoms with Gasteiger partial charge in [0.2, 0.25) is 0 Å². The second-order valence-electron chi connectivity index (χ2n) is 5.43. The molecule has 140 valence electrons. The minimum Gasteiger partial charge on any atom is -0.456 e.